The van der Waals surface area contributed by atoms with Crippen molar-refractivity contribution in [3.05, 3.63) is 48.1 Å². The van der Waals surface area contributed by atoms with E-state index in [1.807, 2.05) is 34.6 Å². The fourth-order valence-corrected chi connectivity index (χ4v) is 1.22. The van der Waals surface area contributed by atoms with Crippen molar-refractivity contribution in [2.24, 2.45) is 11.3 Å². The Morgan fingerprint density at radius 2 is 1.25 bits per heavy atom. The number of hydrogen-bond acceptors (Lipinski definition) is 0. The minimum absolute atomic E-state index is 0.306. The van der Waals surface area contributed by atoms with E-state index in [0.717, 1.165) is 11.5 Å². The third-order valence-electron chi connectivity index (χ3n) is 3.29. The quantitative estimate of drug-likeness (QED) is 0.238. The van der Waals surface area contributed by atoms with Crippen LogP contribution in [0.5, 0.6) is 0 Å². The van der Waals surface area contributed by atoms with Gasteiger partial charge in [-0.25, -0.2) is 0 Å². The summed E-state index contributed by atoms with van der Waals surface area (Å²) in [7, 11) is 0. The first-order valence-electron chi connectivity index (χ1n) is 11.5. The van der Waals surface area contributed by atoms with Crippen molar-refractivity contribution in [3.8, 4) is 0 Å². The molecule has 0 bridgehead atoms. The van der Waals surface area contributed by atoms with Gasteiger partial charge >= 0.3 is 0 Å². The van der Waals surface area contributed by atoms with Gasteiger partial charge in [-0.3, -0.25) is 0 Å². The molecule has 0 fully saturated rings. The molecule has 0 aliphatic carbocycles. The van der Waals surface area contributed by atoms with E-state index >= 15 is 0 Å². The molecule has 0 rings (SSSR count). The van der Waals surface area contributed by atoms with E-state index in [1.165, 1.54) is 36.8 Å². The number of rotatable bonds is 6. The molecule has 0 amide bonds. The molecular formula is C28H58. The van der Waals surface area contributed by atoms with Gasteiger partial charge in [0.1, 0.15) is 0 Å². The van der Waals surface area contributed by atoms with Crippen molar-refractivity contribution in [1.82, 2.24) is 0 Å². The molecular weight excluding hydrogens is 336 g/mol. The summed E-state index contributed by atoms with van der Waals surface area (Å²) in [5.41, 5.74) is 4.00. The van der Waals surface area contributed by atoms with Gasteiger partial charge in [-0.2, -0.15) is 0 Å². The fraction of sp³-hybridized carbons (Fsp3) is 0.714. The smallest absolute Gasteiger partial charge is 0.0178 e. The predicted molar refractivity (Wildman–Crippen MR) is 139 cm³/mol. The molecule has 170 valence electrons. The highest BCUT2D eigenvalue weighted by atomic mass is 14.1. The highest BCUT2D eigenvalue weighted by molar-refractivity contribution is 5.36. The van der Waals surface area contributed by atoms with Crippen molar-refractivity contribution in [2.45, 2.75) is 123 Å². The van der Waals surface area contributed by atoms with E-state index in [4.69, 9.17) is 0 Å². The van der Waals surface area contributed by atoms with E-state index in [9.17, 15) is 0 Å². The van der Waals surface area contributed by atoms with Crippen LogP contribution in [0.4, 0.5) is 0 Å². The summed E-state index contributed by atoms with van der Waals surface area (Å²) >= 11 is 0. The summed E-state index contributed by atoms with van der Waals surface area (Å²) in [4.78, 5) is 0. The molecule has 0 aliphatic rings. The Morgan fingerprint density at radius 1 is 0.893 bits per heavy atom. The molecule has 0 aromatic carbocycles. The molecule has 0 aliphatic heterocycles. The highest BCUT2D eigenvalue weighted by Crippen LogP contribution is 2.21. The predicted octanol–water partition coefficient (Wildman–Crippen LogP) is 11.0. The van der Waals surface area contributed by atoms with Crippen molar-refractivity contribution >= 4 is 0 Å². The molecule has 0 heteroatoms. The van der Waals surface area contributed by atoms with Crippen molar-refractivity contribution < 1.29 is 0 Å². The van der Waals surface area contributed by atoms with Crippen LogP contribution >= 0.6 is 0 Å². The Morgan fingerprint density at radius 3 is 1.46 bits per heavy atom. The molecule has 0 heterocycles. The van der Waals surface area contributed by atoms with Gasteiger partial charge in [0.05, 0.1) is 0 Å². The molecule has 0 spiro atoms. The zero-order valence-electron chi connectivity index (χ0n) is 22.6. The van der Waals surface area contributed by atoms with Gasteiger partial charge < -0.3 is 0 Å². The van der Waals surface area contributed by atoms with E-state index in [0.29, 0.717) is 5.41 Å². The second kappa shape index (κ2) is 28.2. The molecule has 0 radical (unpaired) electrons. The van der Waals surface area contributed by atoms with Gasteiger partial charge in [0.15, 0.2) is 0 Å². The average Bonchev–Trinajstić information content (AvgIpc) is 2.60. The van der Waals surface area contributed by atoms with E-state index in [-0.39, 0.29) is 0 Å². The van der Waals surface area contributed by atoms with Crippen molar-refractivity contribution in [3.63, 3.8) is 0 Å². The van der Waals surface area contributed by atoms with Crippen LogP contribution in [-0.2, 0) is 0 Å². The minimum atomic E-state index is 0.306. The average molecular weight is 395 g/mol. The lowest BCUT2D eigenvalue weighted by atomic mass is 9.89. The molecule has 0 nitrogen and oxygen atoms in total. The maximum atomic E-state index is 3.95. The maximum absolute atomic E-state index is 3.95. The summed E-state index contributed by atoms with van der Waals surface area (Å²) in [6.07, 6.45) is 11.6. The molecule has 28 heavy (non-hydrogen) atoms. The van der Waals surface area contributed by atoms with Crippen LogP contribution in [0.2, 0.25) is 0 Å². The van der Waals surface area contributed by atoms with Crippen LogP contribution in [0.25, 0.3) is 0 Å². The van der Waals surface area contributed by atoms with Gasteiger partial charge in [-0.15, -0.1) is 0 Å². The Labute approximate surface area is 182 Å². The van der Waals surface area contributed by atoms with Gasteiger partial charge in [0, 0.05) is 0 Å². The third-order valence-corrected chi connectivity index (χ3v) is 3.29. The maximum Gasteiger partial charge on any atom is -0.0178 e. The Balaban J connectivity index is -0.0000000987. The molecule has 0 unspecified atom stereocenters. The summed E-state index contributed by atoms with van der Waals surface area (Å²) in [6, 6.07) is 0. The van der Waals surface area contributed by atoms with E-state index in [1.54, 1.807) is 0 Å². The largest absolute Gasteiger partial charge is 0.0996 e. The third kappa shape index (κ3) is 44.4. The lowest BCUT2D eigenvalue weighted by molar-refractivity contribution is 0.506. The molecule has 0 aromatic rings. The topological polar surface area (TPSA) is 0 Å². The molecule has 0 N–H and O–H groups in total. The number of unbranched alkanes of at least 4 members (excludes halogenated alkanes) is 3. The molecule has 0 saturated carbocycles. The first-order chi connectivity index (χ1) is 12.9. The molecule has 0 aromatic heterocycles. The normalized spacial score (nSPS) is 10.3. The zero-order chi connectivity index (χ0) is 23.8. The van der Waals surface area contributed by atoms with Gasteiger partial charge in [-0.05, 0) is 50.5 Å². The van der Waals surface area contributed by atoms with Crippen LogP contribution in [0.1, 0.15) is 123 Å². The highest BCUT2D eigenvalue weighted by Gasteiger charge is 2.08. The monoisotopic (exact) mass is 394 g/mol. The number of hydrogen-bond donors (Lipinski definition) is 0. The lowest BCUT2D eigenvalue weighted by Crippen LogP contribution is -2.04. The fourth-order valence-electron chi connectivity index (χ4n) is 1.22. The van der Waals surface area contributed by atoms with Gasteiger partial charge in [-0.1, -0.05) is 132 Å². The Hall–Kier alpha value is -1.04. The molecule has 0 atom stereocenters. The first kappa shape index (κ1) is 37.7. The van der Waals surface area contributed by atoms with Crippen molar-refractivity contribution in [2.75, 3.05) is 0 Å². The van der Waals surface area contributed by atoms with Crippen LogP contribution in [0, 0.1) is 11.3 Å². The summed E-state index contributed by atoms with van der Waals surface area (Å²) in [5.74, 6) is 0.833. The summed E-state index contributed by atoms with van der Waals surface area (Å²) < 4.78 is 0. The second-order valence-corrected chi connectivity index (χ2v) is 8.20. The Kier molecular flexibility index (Phi) is 37.9. The second-order valence-electron chi connectivity index (χ2n) is 8.20. The summed E-state index contributed by atoms with van der Waals surface area (Å²) in [6.45, 7) is 37.2. The van der Waals surface area contributed by atoms with Gasteiger partial charge in [0.2, 0.25) is 0 Å². The van der Waals surface area contributed by atoms with Crippen LogP contribution < -0.4 is 0 Å². The minimum Gasteiger partial charge on any atom is -0.0996 e. The van der Waals surface area contributed by atoms with Crippen LogP contribution in [-0.4, -0.2) is 0 Å². The first-order valence-corrected chi connectivity index (χ1v) is 11.5. The standard InChI is InChI=1S/C13H22.C7H14.C4H10.2C2H6/c1-5-7-8-9-11-13(10-6-2)12(3)4;1-6(2)7(3,4)5;1-4(2)3;2*1-2/h6,10-11H,3,5,7-9H2,1-2,4H3;1H2,2-5H3;4H,1-3H3;2*1-2H3/b10-6-,13-11+;;;;. The van der Waals surface area contributed by atoms with E-state index in [2.05, 4.69) is 93.7 Å². The van der Waals surface area contributed by atoms with Crippen molar-refractivity contribution in [1.29, 1.82) is 0 Å². The lowest BCUT2D eigenvalue weighted by Gasteiger charge is -2.16. The van der Waals surface area contributed by atoms with Crippen LogP contribution in [0.15, 0.2) is 48.1 Å². The molecule has 0 saturated heterocycles. The zero-order valence-corrected chi connectivity index (χ0v) is 22.6. The Bertz CT molecular complexity index is 367. The van der Waals surface area contributed by atoms with E-state index < -0.39 is 0 Å². The number of allylic oxidation sites excluding steroid dienone is 6. The van der Waals surface area contributed by atoms with Gasteiger partial charge in [0.25, 0.3) is 0 Å². The summed E-state index contributed by atoms with van der Waals surface area (Å²) in [5, 5.41) is 0. The SMILES string of the molecule is C=C(C)C(/C=C\C)=C/CCCCC.C=C(C)C(C)(C)C.CC.CC.CC(C)C. The van der Waals surface area contributed by atoms with Crippen LogP contribution in [0.3, 0.4) is 0 Å².